The monoisotopic (exact) mass is 290 g/mol. The standard InChI is InChI=1S/C13H23ClN2O3/c1-13(2,3)19-12(18)16-6-5-10(9-16)8-15(4)11(17)7-14/h10H,5-9H2,1-4H3/t10-/m0/s1. The van der Waals surface area contributed by atoms with Crippen LogP contribution in [0.2, 0.25) is 0 Å². The lowest BCUT2D eigenvalue weighted by atomic mass is 10.1. The van der Waals surface area contributed by atoms with Crippen LogP contribution in [0.3, 0.4) is 0 Å². The van der Waals surface area contributed by atoms with Crippen molar-refractivity contribution in [2.24, 2.45) is 5.92 Å². The lowest BCUT2D eigenvalue weighted by Crippen LogP contribution is -2.37. The molecule has 0 bridgehead atoms. The molecule has 0 saturated carbocycles. The molecule has 6 heteroatoms. The van der Waals surface area contributed by atoms with Crippen molar-refractivity contribution in [3.05, 3.63) is 0 Å². The number of halogens is 1. The molecule has 2 amide bonds. The Bertz CT molecular complexity index is 341. The summed E-state index contributed by atoms with van der Waals surface area (Å²) in [5.74, 6) is 0.209. The molecule has 0 aliphatic carbocycles. The smallest absolute Gasteiger partial charge is 0.410 e. The van der Waals surface area contributed by atoms with E-state index in [4.69, 9.17) is 16.3 Å². The maximum Gasteiger partial charge on any atom is 0.410 e. The summed E-state index contributed by atoms with van der Waals surface area (Å²) in [6.45, 7) is 7.50. The highest BCUT2D eigenvalue weighted by Crippen LogP contribution is 2.20. The van der Waals surface area contributed by atoms with Gasteiger partial charge in [0.05, 0.1) is 0 Å². The summed E-state index contributed by atoms with van der Waals surface area (Å²) >= 11 is 5.51. The average molecular weight is 291 g/mol. The van der Waals surface area contributed by atoms with Gasteiger partial charge in [0.15, 0.2) is 0 Å². The molecule has 19 heavy (non-hydrogen) atoms. The number of nitrogens with zero attached hydrogens (tertiary/aromatic N) is 2. The van der Waals surface area contributed by atoms with Crippen LogP contribution >= 0.6 is 11.6 Å². The summed E-state index contributed by atoms with van der Waals surface area (Å²) in [4.78, 5) is 26.6. The fraction of sp³-hybridized carbons (Fsp3) is 0.846. The maximum absolute atomic E-state index is 11.9. The molecular formula is C13H23ClN2O3. The van der Waals surface area contributed by atoms with Gasteiger partial charge < -0.3 is 14.5 Å². The predicted octanol–water partition coefficient (Wildman–Crippen LogP) is 1.94. The van der Waals surface area contributed by atoms with Gasteiger partial charge in [0.25, 0.3) is 0 Å². The van der Waals surface area contributed by atoms with Gasteiger partial charge in [0.1, 0.15) is 11.5 Å². The number of hydrogen-bond donors (Lipinski definition) is 0. The summed E-state index contributed by atoms with van der Waals surface area (Å²) < 4.78 is 5.33. The first-order valence-corrected chi connectivity index (χ1v) is 7.04. The topological polar surface area (TPSA) is 49.9 Å². The lowest BCUT2D eigenvalue weighted by molar-refractivity contribution is -0.127. The molecule has 1 atom stereocenters. The molecule has 0 aromatic heterocycles. The predicted molar refractivity (Wildman–Crippen MR) is 74.3 cm³/mol. The minimum absolute atomic E-state index is 0.000992. The molecule has 110 valence electrons. The second-order valence-electron chi connectivity index (χ2n) is 5.99. The highest BCUT2D eigenvalue weighted by molar-refractivity contribution is 6.27. The number of amides is 2. The van der Waals surface area contributed by atoms with E-state index >= 15 is 0 Å². The van der Waals surface area contributed by atoms with Crippen LogP contribution in [0.1, 0.15) is 27.2 Å². The highest BCUT2D eigenvalue weighted by Gasteiger charge is 2.30. The Morgan fingerprint density at radius 1 is 1.42 bits per heavy atom. The first-order valence-electron chi connectivity index (χ1n) is 6.51. The summed E-state index contributed by atoms with van der Waals surface area (Å²) in [6, 6.07) is 0. The van der Waals surface area contributed by atoms with Crippen LogP contribution in [0, 0.1) is 5.92 Å². The molecule has 5 nitrogen and oxygen atoms in total. The van der Waals surface area contributed by atoms with E-state index in [9.17, 15) is 9.59 Å². The number of hydrogen-bond acceptors (Lipinski definition) is 3. The molecule has 1 aliphatic heterocycles. The van der Waals surface area contributed by atoms with E-state index in [1.807, 2.05) is 20.8 Å². The number of carbonyl (C=O) groups is 2. The van der Waals surface area contributed by atoms with Crippen molar-refractivity contribution in [3.63, 3.8) is 0 Å². The largest absolute Gasteiger partial charge is 0.444 e. The fourth-order valence-electron chi connectivity index (χ4n) is 2.07. The average Bonchev–Trinajstić information content (AvgIpc) is 2.74. The normalized spacial score (nSPS) is 19.4. The molecule has 1 fully saturated rings. The fourth-order valence-corrected chi connectivity index (χ4v) is 2.27. The molecule has 1 saturated heterocycles. The van der Waals surface area contributed by atoms with E-state index in [0.717, 1.165) is 6.42 Å². The van der Waals surface area contributed by atoms with E-state index in [1.165, 1.54) is 0 Å². The molecule has 0 unspecified atom stereocenters. The second-order valence-corrected chi connectivity index (χ2v) is 6.26. The summed E-state index contributed by atoms with van der Waals surface area (Å²) in [7, 11) is 1.74. The Morgan fingerprint density at radius 3 is 2.58 bits per heavy atom. The van der Waals surface area contributed by atoms with Gasteiger partial charge in [-0.2, -0.15) is 0 Å². The minimum Gasteiger partial charge on any atom is -0.444 e. The molecule has 1 aliphatic rings. The van der Waals surface area contributed by atoms with Crippen molar-refractivity contribution in [2.45, 2.75) is 32.8 Å². The third kappa shape index (κ3) is 5.27. The van der Waals surface area contributed by atoms with Crippen molar-refractivity contribution >= 4 is 23.6 Å². The zero-order valence-corrected chi connectivity index (χ0v) is 12.9. The van der Waals surface area contributed by atoms with Gasteiger partial charge in [-0.3, -0.25) is 4.79 Å². The Hall–Kier alpha value is -0.970. The number of carbonyl (C=O) groups excluding carboxylic acids is 2. The van der Waals surface area contributed by atoms with Gasteiger partial charge in [-0.25, -0.2) is 4.79 Å². The summed E-state index contributed by atoms with van der Waals surface area (Å²) in [5.41, 5.74) is -0.472. The third-order valence-corrected chi connectivity index (χ3v) is 3.24. The number of ether oxygens (including phenoxy) is 1. The molecule has 1 rings (SSSR count). The van der Waals surface area contributed by atoms with E-state index in [0.29, 0.717) is 25.6 Å². The van der Waals surface area contributed by atoms with Crippen LogP contribution in [0.15, 0.2) is 0 Å². The van der Waals surface area contributed by atoms with Crippen LogP contribution in [-0.2, 0) is 9.53 Å². The van der Waals surface area contributed by atoms with Crippen LogP contribution in [0.25, 0.3) is 0 Å². The quantitative estimate of drug-likeness (QED) is 0.747. The minimum atomic E-state index is -0.472. The zero-order chi connectivity index (χ0) is 14.6. The van der Waals surface area contributed by atoms with E-state index in [2.05, 4.69) is 0 Å². The third-order valence-electron chi connectivity index (χ3n) is 3.01. The van der Waals surface area contributed by atoms with Crippen molar-refractivity contribution in [1.82, 2.24) is 9.80 Å². The van der Waals surface area contributed by atoms with E-state index in [-0.39, 0.29) is 17.9 Å². The van der Waals surface area contributed by atoms with Gasteiger partial charge in [-0.15, -0.1) is 11.6 Å². The van der Waals surface area contributed by atoms with E-state index < -0.39 is 5.60 Å². The molecule has 0 aromatic rings. The highest BCUT2D eigenvalue weighted by atomic mass is 35.5. The second kappa shape index (κ2) is 6.46. The molecule has 1 heterocycles. The van der Waals surface area contributed by atoms with E-state index in [1.54, 1.807) is 16.8 Å². The Labute approximate surface area is 119 Å². The first kappa shape index (κ1) is 16.1. The molecular weight excluding hydrogens is 268 g/mol. The Kier molecular flexibility index (Phi) is 5.47. The maximum atomic E-state index is 11.9. The summed E-state index contributed by atoms with van der Waals surface area (Å²) in [6.07, 6.45) is 0.611. The van der Waals surface area contributed by atoms with Gasteiger partial charge >= 0.3 is 6.09 Å². The van der Waals surface area contributed by atoms with Crippen molar-refractivity contribution in [2.75, 3.05) is 32.6 Å². The first-order chi connectivity index (χ1) is 8.73. The van der Waals surface area contributed by atoms with Gasteiger partial charge in [-0.1, -0.05) is 0 Å². The number of likely N-dealkylation sites (tertiary alicyclic amines) is 1. The van der Waals surface area contributed by atoms with Crippen LogP contribution in [0.4, 0.5) is 4.79 Å². The van der Waals surface area contributed by atoms with Crippen molar-refractivity contribution in [1.29, 1.82) is 0 Å². The molecule has 0 radical (unpaired) electrons. The molecule has 0 spiro atoms. The molecule has 0 aromatic carbocycles. The Balaban J connectivity index is 2.41. The lowest BCUT2D eigenvalue weighted by Gasteiger charge is -2.25. The van der Waals surface area contributed by atoms with Crippen LogP contribution in [-0.4, -0.2) is 60.0 Å². The number of rotatable bonds is 3. The van der Waals surface area contributed by atoms with Crippen molar-refractivity contribution < 1.29 is 14.3 Å². The van der Waals surface area contributed by atoms with Gasteiger partial charge in [-0.05, 0) is 33.1 Å². The van der Waals surface area contributed by atoms with Crippen molar-refractivity contribution in [3.8, 4) is 0 Å². The summed E-state index contributed by atoms with van der Waals surface area (Å²) in [5, 5.41) is 0. The SMILES string of the molecule is CN(C[C@@H]1CCN(C(=O)OC(C)(C)C)C1)C(=O)CCl. The van der Waals surface area contributed by atoms with Gasteiger partial charge in [0.2, 0.25) is 5.91 Å². The zero-order valence-electron chi connectivity index (χ0n) is 12.1. The molecule has 0 N–H and O–H groups in total. The Morgan fingerprint density at radius 2 is 2.05 bits per heavy atom. The van der Waals surface area contributed by atoms with Gasteiger partial charge in [0, 0.05) is 26.7 Å². The number of alkyl halides is 1. The van der Waals surface area contributed by atoms with Crippen LogP contribution < -0.4 is 0 Å². The van der Waals surface area contributed by atoms with Crippen LogP contribution in [0.5, 0.6) is 0 Å².